The van der Waals surface area contributed by atoms with Crippen molar-refractivity contribution in [2.24, 2.45) is 0 Å². The third-order valence-corrected chi connectivity index (χ3v) is 6.33. The van der Waals surface area contributed by atoms with Gasteiger partial charge in [-0.2, -0.15) is 9.57 Å². The number of sulfonamides is 1. The van der Waals surface area contributed by atoms with Crippen LogP contribution in [0.25, 0.3) is 0 Å². The third-order valence-electron chi connectivity index (χ3n) is 4.26. The van der Waals surface area contributed by atoms with Crippen LogP contribution >= 0.6 is 0 Å². The van der Waals surface area contributed by atoms with Crippen molar-refractivity contribution in [3.63, 3.8) is 0 Å². The minimum Gasteiger partial charge on any atom is -0.391 e. The standard InChI is InChI=1S/C16H22N2O3S/c1-3-15(19)14-6-4-5-9-18(14)22(20,21)16-10-13(11-17)8-7-12(16)2/h7-8,10,14-15,19H,3-6,9H2,1-2H3. The minimum atomic E-state index is -3.71. The van der Waals surface area contributed by atoms with Crippen LogP contribution in [-0.2, 0) is 10.0 Å². The van der Waals surface area contributed by atoms with Gasteiger partial charge in [0.05, 0.1) is 28.7 Å². The Kier molecular flexibility index (Phi) is 5.22. The van der Waals surface area contributed by atoms with Crippen LogP contribution in [0.5, 0.6) is 0 Å². The molecule has 0 amide bonds. The smallest absolute Gasteiger partial charge is 0.243 e. The maximum absolute atomic E-state index is 13.0. The van der Waals surface area contributed by atoms with Gasteiger partial charge in [0.15, 0.2) is 0 Å². The Hall–Kier alpha value is -1.42. The quantitative estimate of drug-likeness (QED) is 0.921. The normalized spacial score (nSPS) is 21.3. The molecule has 1 aliphatic rings. The van der Waals surface area contributed by atoms with Crippen LogP contribution in [0.4, 0.5) is 0 Å². The molecule has 1 aromatic rings. The summed E-state index contributed by atoms with van der Waals surface area (Å²) >= 11 is 0. The zero-order valence-electron chi connectivity index (χ0n) is 13.0. The van der Waals surface area contributed by atoms with E-state index in [2.05, 4.69) is 0 Å². The van der Waals surface area contributed by atoms with Crippen LogP contribution in [0.2, 0.25) is 0 Å². The largest absolute Gasteiger partial charge is 0.391 e. The summed E-state index contributed by atoms with van der Waals surface area (Å²) in [5.41, 5.74) is 0.947. The highest BCUT2D eigenvalue weighted by atomic mass is 32.2. The van der Waals surface area contributed by atoms with Crippen LogP contribution in [0.1, 0.15) is 43.7 Å². The van der Waals surface area contributed by atoms with Gasteiger partial charge in [0.1, 0.15) is 0 Å². The van der Waals surface area contributed by atoms with Gasteiger partial charge >= 0.3 is 0 Å². The van der Waals surface area contributed by atoms with E-state index in [9.17, 15) is 13.5 Å². The third kappa shape index (κ3) is 3.17. The number of aryl methyl sites for hydroxylation is 1. The number of nitriles is 1. The average molecular weight is 322 g/mol. The molecule has 2 unspecified atom stereocenters. The van der Waals surface area contributed by atoms with Crippen molar-refractivity contribution in [3.8, 4) is 6.07 Å². The fourth-order valence-corrected chi connectivity index (χ4v) is 4.93. The molecular weight excluding hydrogens is 300 g/mol. The predicted molar refractivity (Wildman–Crippen MR) is 83.7 cm³/mol. The lowest BCUT2D eigenvalue weighted by Gasteiger charge is -2.37. The Bertz CT molecular complexity index is 679. The molecule has 1 aliphatic heterocycles. The molecule has 1 fully saturated rings. The molecule has 1 heterocycles. The zero-order valence-corrected chi connectivity index (χ0v) is 13.8. The van der Waals surface area contributed by atoms with E-state index in [1.54, 1.807) is 19.1 Å². The topological polar surface area (TPSA) is 81.4 Å². The van der Waals surface area contributed by atoms with Crippen LogP contribution < -0.4 is 0 Å². The molecule has 0 bridgehead atoms. The number of nitrogens with zero attached hydrogens (tertiary/aromatic N) is 2. The van der Waals surface area contributed by atoms with Crippen molar-refractivity contribution < 1.29 is 13.5 Å². The van der Waals surface area contributed by atoms with Gasteiger partial charge in [-0.15, -0.1) is 0 Å². The molecular formula is C16H22N2O3S. The molecule has 0 spiro atoms. The summed E-state index contributed by atoms with van der Waals surface area (Å²) in [6, 6.07) is 6.29. The van der Waals surface area contributed by atoms with E-state index in [0.717, 1.165) is 12.8 Å². The average Bonchev–Trinajstić information content (AvgIpc) is 2.54. The monoisotopic (exact) mass is 322 g/mol. The van der Waals surface area contributed by atoms with E-state index in [4.69, 9.17) is 5.26 Å². The highest BCUT2D eigenvalue weighted by molar-refractivity contribution is 7.89. The van der Waals surface area contributed by atoms with Crippen molar-refractivity contribution in [3.05, 3.63) is 29.3 Å². The number of rotatable bonds is 4. The fraction of sp³-hybridized carbons (Fsp3) is 0.562. The number of hydrogen-bond acceptors (Lipinski definition) is 4. The van der Waals surface area contributed by atoms with Crippen molar-refractivity contribution in [2.75, 3.05) is 6.54 Å². The molecule has 2 rings (SSSR count). The fourth-order valence-electron chi connectivity index (χ4n) is 2.96. The second kappa shape index (κ2) is 6.78. The second-order valence-corrected chi connectivity index (χ2v) is 7.61. The lowest BCUT2D eigenvalue weighted by molar-refractivity contribution is 0.0667. The van der Waals surface area contributed by atoms with E-state index < -0.39 is 16.1 Å². The second-order valence-electron chi connectivity index (χ2n) is 5.75. The molecule has 120 valence electrons. The summed E-state index contributed by atoms with van der Waals surface area (Å²) in [4.78, 5) is 0.168. The lowest BCUT2D eigenvalue weighted by atomic mass is 9.98. The van der Waals surface area contributed by atoms with Crippen LogP contribution in [0.3, 0.4) is 0 Å². The summed E-state index contributed by atoms with van der Waals surface area (Å²) < 4.78 is 27.4. The summed E-state index contributed by atoms with van der Waals surface area (Å²) in [6.45, 7) is 4.00. The summed E-state index contributed by atoms with van der Waals surface area (Å²) in [7, 11) is -3.71. The molecule has 1 aromatic carbocycles. The molecule has 0 saturated carbocycles. The van der Waals surface area contributed by atoms with Gasteiger partial charge in [-0.3, -0.25) is 0 Å². The van der Waals surface area contributed by atoms with E-state index >= 15 is 0 Å². The molecule has 2 atom stereocenters. The Morgan fingerprint density at radius 2 is 2.18 bits per heavy atom. The molecule has 0 aromatic heterocycles. The van der Waals surface area contributed by atoms with Gasteiger partial charge < -0.3 is 5.11 Å². The first-order valence-electron chi connectivity index (χ1n) is 7.62. The molecule has 6 heteroatoms. The van der Waals surface area contributed by atoms with Crippen molar-refractivity contribution in [1.29, 1.82) is 5.26 Å². The van der Waals surface area contributed by atoms with Crippen LogP contribution in [0, 0.1) is 18.3 Å². The zero-order chi connectivity index (χ0) is 16.3. The first-order chi connectivity index (χ1) is 10.4. The maximum Gasteiger partial charge on any atom is 0.243 e. The number of benzene rings is 1. The number of piperidine rings is 1. The predicted octanol–water partition coefficient (Wildman–Crippen LogP) is 2.18. The highest BCUT2D eigenvalue weighted by Gasteiger charge is 2.37. The van der Waals surface area contributed by atoms with Gasteiger partial charge in [-0.05, 0) is 43.9 Å². The molecule has 0 aliphatic carbocycles. The van der Waals surface area contributed by atoms with Gasteiger partial charge in [0.2, 0.25) is 10.0 Å². The molecule has 1 saturated heterocycles. The molecule has 1 N–H and O–H groups in total. The summed E-state index contributed by atoms with van der Waals surface area (Å²) in [6.07, 6.45) is 2.25. The summed E-state index contributed by atoms with van der Waals surface area (Å²) in [5, 5.41) is 19.2. The van der Waals surface area contributed by atoms with Crippen molar-refractivity contribution >= 4 is 10.0 Å². The van der Waals surface area contributed by atoms with E-state index in [1.165, 1.54) is 10.4 Å². The Balaban J connectivity index is 2.46. The van der Waals surface area contributed by atoms with Crippen LogP contribution in [0.15, 0.2) is 23.1 Å². The minimum absolute atomic E-state index is 0.168. The first kappa shape index (κ1) is 16.9. The maximum atomic E-state index is 13.0. The Labute approximate surface area is 132 Å². The summed E-state index contributed by atoms with van der Waals surface area (Å²) in [5.74, 6) is 0. The SMILES string of the molecule is CCC(O)C1CCCCN1S(=O)(=O)c1cc(C#N)ccc1C. The Morgan fingerprint density at radius 1 is 1.45 bits per heavy atom. The van der Waals surface area contributed by atoms with E-state index in [0.29, 0.717) is 30.5 Å². The number of aliphatic hydroxyl groups is 1. The van der Waals surface area contributed by atoms with Gasteiger partial charge in [0, 0.05) is 6.54 Å². The van der Waals surface area contributed by atoms with Gasteiger partial charge in [-0.1, -0.05) is 19.4 Å². The van der Waals surface area contributed by atoms with Crippen molar-refractivity contribution in [1.82, 2.24) is 4.31 Å². The first-order valence-corrected chi connectivity index (χ1v) is 9.06. The van der Waals surface area contributed by atoms with Crippen LogP contribution in [-0.4, -0.2) is 36.5 Å². The van der Waals surface area contributed by atoms with Crippen molar-refractivity contribution in [2.45, 2.75) is 56.6 Å². The molecule has 22 heavy (non-hydrogen) atoms. The Morgan fingerprint density at radius 3 is 2.82 bits per heavy atom. The molecule has 0 radical (unpaired) electrons. The van der Waals surface area contributed by atoms with Gasteiger partial charge in [-0.25, -0.2) is 8.42 Å². The van der Waals surface area contributed by atoms with E-state index in [1.807, 2.05) is 13.0 Å². The molecule has 5 nitrogen and oxygen atoms in total. The van der Waals surface area contributed by atoms with E-state index in [-0.39, 0.29) is 10.9 Å². The van der Waals surface area contributed by atoms with Gasteiger partial charge in [0.25, 0.3) is 0 Å². The lowest BCUT2D eigenvalue weighted by Crippen LogP contribution is -2.49. The highest BCUT2D eigenvalue weighted by Crippen LogP contribution is 2.29. The number of aliphatic hydroxyl groups excluding tert-OH is 1. The number of hydrogen-bond donors (Lipinski definition) is 1.